The lowest BCUT2D eigenvalue weighted by Crippen LogP contribution is -2.28. The Kier molecular flexibility index (Phi) is 10.4. The van der Waals surface area contributed by atoms with Crippen molar-refractivity contribution in [1.29, 1.82) is 0 Å². The van der Waals surface area contributed by atoms with E-state index in [4.69, 9.17) is 14.5 Å². The Morgan fingerprint density at radius 2 is 1.35 bits per heavy atom. The largest absolute Gasteiger partial charge is 0.494 e. The fourth-order valence-electron chi connectivity index (χ4n) is 3.34. The van der Waals surface area contributed by atoms with E-state index in [0.29, 0.717) is 25.6 Å². The molecular weight excluding hydrogens is 424 g/mol. The third kappa shape index (κ3) is 9.25. The van der Waals surface area contributed by atoms with E-state index in [1.54, 1.807) is 0 Å². The zero-order valence-electron chi connectivity index (χ0n) is 20.0. The molecule has 3 aromatic rings. The van der Waals surface area contributed by atoms with Crippen LogP contribution in [0.15, 0.2) is 91.5 Å². The summed E-state index contributed by atoms with van der Waals surface area (Å²) < 4.78 is 11.5. The maximum absolute atomic E-state index is 5.95. The molecule has 3 rings (SSSR count). The van der Waals surface area contributed by atoms with Crippen molar-refractivity contribution in [3.8, 4) is 0 Å². The predicted molar refractivity (Wildman–Crippen MR) is 135 cm³/mol. The Labute approximate surface area is 203 Å². The molecule has 0 unspecified atom stereocenters. The van der Waals surface area contributed by atoms with Gasteiger partial charge < -0.3 is 9.47 Å². The molecule has 0 N–H and O–H groups in total. The van der Waals surface area contributed by atoms with E-state index in [1.807, 2.05) is 73.9 Å². The van der Waals surface area contributed by atoms with Crippen LogP contribution < -0.4 is 0 Å². The van der Waals surface area contributed by atoms with Gasteiger partial charge in [-0.05, 0) is 48.9 Å². The number of hydrogen-bond donors (Lipinski definition) is 0. The SMILES string of the molecule is C=C(C)C(=C)OCCc1cccc(CCOCCN(Cc2ccccn2)Cc2ccccn2)n1. The highest BCUT2D eigenvalue weighted by Gasteiger charge is 2.09. The van der Waals surface area contributed by atoms with E-state index in [2.05, 4.69) is 28.0 Å². The Morgan fingerprint density at radius 3 is 1.91 bits per heavy atom. The Morgan fingerprint density at radius 1 is 0.765 bits per heavy atom. The molecule has 6 nitrogen and oxygen atoms in total. The minimum Gasteiger partial charge on any atom is -0.494 e. The summed E-state index contributed by atoms with van der Waals surface area (Å²) in [5.41, 5.74) is 4.95. The molecule has 3 aromatic heterocycles. The van der Waals surface area contributed by atoms with Gasteiger partial charge in [-0.2, -0.15) is 0 Å². The number of pyridine rings is 3. The van der Waals surface area contributed by atoms with Gasteiger partial charge in [-0.3, -0.25) is 19.9 Å². The summed E-state index contributed by atoms with van der Waals surface area (Å²) in [4.78, 5) is 16.0. The van der Waals surface area contributed by atoms with Crippen molar-refractivity contribution in [3.63, 3.8) is 0 Å². The zero-order valence-corrected chi connectivity index (χ0v) is 20.0. The van der Waals surface area contributed by atoms with E-state index in [1.165, 1.54) is 0 Å². The smallest absolute Gasteiger partial charge is 0.114 e. The van der Waals surface area contributed by atoms with Crippen LogP contribution in [0.3, 0.4) is 0 Å². The van der Waals surface area contributed by atoms with E-state index in [0.717, 1.165) is 60.8 Å². The number of nitrogens with zero attached hydrogens (tertiary/aromatic N) is 4. The fraction of sp³-hybridized carbons (Fsp3) is 0.321. The molecule has 0 amide bonds. The van der Waals surface area contributed by atoms with Crippen LogP contribution in [-0.4, -0.2) is 46.2 Å². The molecule has 0 aliphatic carbocycles. The maximum atomic E-state index is 5.95. The zero-order chi connectivity index (χ0) is 24.0. The summed E-state index contributed by atoms with van der Waals surface area (Å²) in [5, 5.41) is 0. The average molecular weight is 459 g/mol. The number of hydrogen-bond acceptors (Lipinski definition) is 6. The first kappa shape index (κ1) is 25.3. The van der Waals surface area contributed by atoms with Gasteiger partial charge in [0.25, 0.3) is 0 Å². The molecule has 0 aliphatic heterocycles. The third-order valence-corrected chi connectivity index (χ3v) is 5.25. The first-order valence-electron chi connectivity index (χ1n) is 11.6. The Hall–Kier alpha value is -3.35. The molecule has 0 aliphatic rings. The van der Waals surface area contributed by atoms with Crippen molar-refractivity contribution in [3.05, 3.63) is 114 Å². The minimum atomic E-state index is 0.543. The van der Waals surface area contributed by atoms with Crippen molar-refractivity contribution in [1.82, 2.24) is 19.9 Å². The maximum Gasteiger partial charge on any atom is 0.114 e. The van der Waals surface area contributed by atoms with Crippen LogP contribution in [0.2, 0.25) is 0 Å². The average Bonchev–Trinajstić information content (AvgIpc) is 2.85. The standard InChI is InChI=1S/C28H34N4O2/c1-23(2)24(3)34-19-14-26-12-8-11-25(31-26)13-18-33-20-17-32(21-27-9-4-6-15-29-27)22-28-10-5-7-16-30-28/h4-12,15-16H,1,3,13-14,17-22H2,2H3. The first-order chi connectivity index (χ1) is 16.6. The second kappa shape index (κ2) is 14.0. The lowest BCUT2D eigenvalue weighted by molar-refractivity contribution is 0.0992. The van der Waals surface area contributed by atoms with Crippen LogP contribution in [0.5, 0.6) is 0 Å². The van der Waals surface area contributed by atoms with E-state index < -0.39 is 0 Å². The highest BCUT2D eigenvalue weighted by molar-refractivity contribution is 5.16. The molecule has 0 radical (unpaired) electrons. The fourth-order valence-corrected chi connectivity index (χ4v) is 3.34. The van der Waals surface area contributed by atoms with Crippen LogP contribution in [0.25, 0.3) is 0 Å². The first-order valence-corrected chi connectivity index (χ1v) is 11.6. The number of ether oxygens (including phenoxy) is 2. The van der Waals surface area contributed by atoms with Gasteiger partial charge in [0.2, 0.25) is 0 Å². The topological polar surface area (TPSA) is 60.4 Å². The summed E-state index contributed by atoms with van der Waals surface area (Å²) in [5.74, 6) is 0.629. The molecule has 34 heavy (non-hydrogen) atoms. The second-order valence-electron chi connectivity index (χ2n) is 8.14. The van der Waals surface area contributed by atoms with Gasteiger partial charge in [0.1, 0.15) is 5.76 Å². The van der Waals surface area contributed by atoms with Gasteiger partial charge >= 0.3 is 0 Å². The summed E-state index contributed by atoms with van der Waals surface area (Å²) in [6, 6.07) is 18.1. The van der Waals surface area contributed by atoms with Crippen molar-refractivity contribution in [2.24, 2.45) is 0 Å². The van der Waals surface area contributed by atoms with E-state index in [9.17, 15) is 0 Å². The van der Waals surface area contributed by atoms with Gasteiger partial charge in [0.15, 0.2) is 0 Å². The van der Waals surface area contributed by atoms with E-state index >= 15 is 0 Å². The Bertz CT molecular complexity index is 983. The highest BCUT2D eigenvalue weighted by Crippen LogP contribution is 2.09. The summed E-state index contributed by atoms with van der Waals surface area (Å²) in [6.07, 6.45) is 5.16. The molecule has 0 fully saturated rings. The third-order valence-electron chi connectivity index (χ3n) is 5.25. The highest BCUT2D eigenvalue weighted by atomic mass is 16.5. The van der Waals surface area contributed by atoms with Crippen molar-refractivity contribution in [2.45, 2.75) is 32.9 Å². The Balaban J connectivity index is 1.42. The quantitative estimate of drug-likeness (QED) is 0.186. The van der Waals surface area contributed by atoms with Crippen LogP contribution in [0, 0.1) is 0 Å². The molecule has 0 atom stereocenters. The molecule has 178 valence electrons. The van der Waals surface area contributed by atoms with Crippen molar-refractivity contribution in [2.75, 3.05) is 26.4 Å². The monoisotopic (exact) mass is 458 g/mol. The van der Waals surface area contributed by atoms with Crippen LogP contribution in [0.1, 0.15) is 29.7 Å². The molecule has 6 heteroatoms. The number of aromatic nitrogens is 3. The predicted octanol–water partition coefficient (Wildman–Crippen LogP) is 4.78. The minimum absolute atomic E-state index is 0.543. The van der Waals surface area contributed by atoms with Crippen LogP contribution in [-0.2, 0) is 35.4 Å². The van der Waals surface area contributed by atoms with Crippen LogP contribution >= 0.6 is 0 Å². The van der Waals surface area contributed by atoms with Crippen LogP contribution in [0.4, 0.5) is 0 Å². The van der Waals surface area contributed by atoms with Gasteiger partial charge in [-0.25, -0.2) is 0 Å². The number of rotatable bonds is 15. The molecule has 0 spiro atoms. The molecule has 0 saturated carbocycles. The normalized spacial score (nSPS) is 10.9. The van der Waals surface area contributed by atoms with Crippen molar-refractivity contribution < 1.29 is 9.47 Å². The molecule has 0 saturated heterocycles. The summed E-state index contributed by atoms with van der Waals surface area (Å²) in [7, 11) is 0. The lowest BCUT2D eigenvalue weighted by atomic mass is 10.2. The molecule has 0 aromatic carbocycles. The van der Waals surface area contributed by atoms with Gasteiger partial charge in [0.05, 0.1) is 31.2 Å². The molecular formula is C28H34N4O2. The molecule has 0 bridgehead atoms. The lowest BCUT2D eigenvalue weighted by Gasteiger charge is -2.21. The van der Waals surface area contributed by atoms with Gasteiger partial charge in [-0.1, -0.05) is 31.4 Å². The van der Waals surface area contributed by atoms with Gasteiger partial charge in [0, 0.05) is 56.3 Å². The summed E-state index contributed by atoms with van der Waals surface area (Å²) >= 11 is 0. The van der Waals surface area contributed by atoms with Gasteiger partial charge in [-0.15, -0.1) is 0 Å². The van der Waals surface area contributed by atoms with Crippen molar-refractivity contribution >= 4 is 0 Å². The second-order valence-corrected chi connectivity index (χ2v) is 8.14. The number of allylic oxidation sites excluding steroid dienone is 1. The summed E-state index contributed by atoms with van der Waals surface area (Å²) in [6.45, 7) is 13.7. The van der Waals surface area contributed by atoms with E-state index in [-0.39, 0.29) is 0 Å². The molecule has 3 heterocycles.